The van der Waals surface area contributed by atoms with Crippen LogP contribution in [0.15, 0.2) is 24.3 Å². The van der Waals surface area contributed by atoms with Gasteiger partial charge in [-0.2, -0.15) is 0 Å². The fourth-order valence-electron chi connectivity index (χ4n) is 1.39. The minimum absolute atomic E-state index is 0.0371. The number of carbonyl (C=O) groups excluding carboxylic acids is 1. The second kappa shape index (κ2) is 6.16. The Balaban J connectivity index is 2.71. The van der Waals surface area contributed by atoms with Crippen LogP contribution in [0.2, 0.25) is 0 Å². The van der Waals surface area contributed by atoms with Gasteiger partial charge >= 0.3 is 0 Å². The molecule has 1 amide bonds. The van der Waals surface area contributed by atoms with Gasteiger partial charge in [-0.05, 0) is 18.6 Å². The highest BCUT2D eigenvalue weighted by atomic mass is 16.5. The molecular formula is C13H18NO2. The molecule has 0 aliphatic carbocycles. The standard InChI is InChI=1S/C13H18NO2/c1-4-5-9-13(15)14(2)11-7-6-8-12(10-11)16-3/h6-8,10H,2,4-5,9H2,1,3H3. The molecule has 3 heteroatoms. The molecule has 1 rings (SSSR count). The molecular weight excluding hydrogens is 202 g/mol. The largest absolute Gasteiger partial charge is 0.497 e. The Bertz CT molecular complexity index is 350. The number of unbranched alkanes of at least 4 members (excludes halogenated alkanes) is 1. The van der Waals surface area contributed by atoms with Gasteiger partial charge < -0.3 is 9.64 Å². The van der Waals surface area contributed by atoms with E-state index < -0.39 is 0 Å². The van der Waals surface area contributed by atoms with Gasteiger partial charge in [-0.3, -0.25) is 4.79 Å². The highest BCUT2D eigenvalue weighted by molar-refractivity contribution is 5.93. The van der Waals surface area contributed by atoms with Gasteiger partial charge in [0.15, 0.2) is 0 Å². The molecule has 0 saturated carbocycles. The van der Waals surface area contributed by atoms with Crippen molar-refractivity contribution in [2.75, 3.05) is 12.0 Å². The average Bonchev–Trinajstić information content (AvgIpc) is 2.35. The number of benzene rings is 1. The molecule has 1 aromatic rings. The molecule has 0 unspecified atom stereocenters. The van der Waals surface area contributed by atoms with Crippen molar-refractivity contribution in [1.29, 1.82) is 0 Å². The van der Waals surface area contributed by atoms with Gasteiger partial charge in [0.2, 0.25) is 5.91 Å². The number of hydrogen-bond acceptors (Lipinski definition) is 2. The summed E-state index contributed by atoms with van der Waals surface area (Å²) >= 11 is 0. The molecule has 0 heterocycles. The van der Waals surface area contributed by atoms with Crippen LogP contribution in [-0.2, 0) is 4.79 Å². The maximum absolute atomic E-state index is 11.7. The number of anilines is 1. The van der Waals surface area contributed by atoms with Crippen molar-refractivity contribution < 1.29 is 9.53 Å². The molecule has 87 valence electrons. The zero-order valence-corrected chi connectivity index (χ0v) is 9.90. The zero-order valence-electron chi connectivity index (χ0n) is 9.90. The van der Waals surface area contributed by atoms with Crippen LogP contribution in [-0.4, -0.2) is 13.0 Å². The summed E-state index contributed by atoms with van der Waals surface area (Å²) in [7, 11) is 5.37. The molecule has 0 atom stereocenters. The molecule has 0 fully saturated rings. The first kappa shape index (κ1) is 12.6. The van der Waals surface area contributed by atoms with Gasteiger partial charge in [-0.15, -0.1) is 0 Å². The summed E-state index contributed by atoms with van der Waals surface area (Å²) in [6, 6.07) is 7.34. The lowest BCUT2D eigenvalue weighted by atomic mass is 10.2. The molecule has 3 nitrogen and oxygen atoms in total. The first-order chi connectivity index (χ1) is 7.69. The van der Waals surface area contributed by atoms with Crippen LogP contribution >= 0.6 is 0 Å². The number of carbonyl (C=O) groups is 1. The second-order valence-electron chi connectivity index (χ2n) is 3.63. The Labute approximate surface area is 97.0 Å². The summed E-state index contributed by atoms with van der Waals surface area (Å²) in [5, 5.41) is 0. The van der Waals surface area contributed by atoms with Crippen LogP contribution in [0.25, 0.3) is 0 Å². The van der Waals surface area contributed by atoms with Crippen LogP contribution in [0.4, 0.5) is 5.69 Å². The van der Waals surface area contributed by atoms with Crippen LogP contribution in [0.3, 0.4) is 0 Å². The smallest absolute Gasteiger partial charge is 0.227 e. The van der Waals surface area contributed by atoms with Gasteiger partial charge in [0.05, 0.1) is 7.11 Å². The van der Waals surface area contributed by atoms with E-state index in [-0.39, 0.29) is 5.91 Å². The first-order valence-corrected chi connectivity index (χ1v) is 5.46. The summed E-state index contributed by atoms with van der Waals surface area (Å²) in [6.45, 7) is 2.06. The van der Waals surface area contributed by atoms with Crippen molar-refractivity contribution in [3.63, 3.8) is 0 Å². The Morgan fingerprint density at radius 3 is 2.88 bits per heavy atom. The summed E-state index contributed by atoms with van der Waals surface area (Å²) < 4.78 is 5.10. The van der Waals surface area contributed by atoms with E-state index in [1.54, 1.807) is 13.2 Å². The zero-order chi connectivity index (χ0) is 12.0. The number of amides is 1. The van der Waals surface area contributed by atoms with Crippen LogP contribution in [0.1, 0.15) is 26.2 Å². The minimum Gasteiger partial charge on any atom is -0.497 e. The first-order valence-electron chi connectivity index (χ1n) is 5.46. The molecule has 0 N–H and O–H groups in total. The second-order valence-corrected chi connectivity index (χ2v) is 3.63. The van der Waals surface area contributed by atoms with Crippen molar-refractivity contribution in [1.82, 2.24) is 0 Å². The summed E-state index contributed by atoms with van der Waals surface area (Å²) in [4.78, 5) is 13.2. The number of hydrogen-bond donors (Lipinski definition) is 0. The molecule has 16 heavy (non-hydrogen) atoms. The maximum atomic E-state index is 11.7. The van der Waals surface area contributed by atoms with Crippen molar-refractivity contribution >= 4 is 11.6 Å². The van der Waals surface area contributed by atoms with E-state index in [2.05, 4.69) is 14.0 Å². The normalized spacial score (nSPS) is 9.94. The fourth-order valence-corrected chi connectivity index (χ4v) is 1.39. The van der Waals surface area contributed by atoms with Gasteiger partial charge in [0.25, 0.3) is 0 Å². The third kappa shape index (κ3) is 3.26. The summed E-state index contributed by atoms with van der Waals surface area (Å²) in [5.74, 6) is 0.768. The van der Waals surface area contributed by atoms with Gasteiger partial charge in [-0.25, -0.2) is 0 Å². The van der Waals surface area contributed by atoms with Crippen molar-refractivity contribution in [3.8, 4) is 5.75 Å². The predicted molar refractivity (Wildman–Crippen MR) is 65.4 cm³/mol. The highest BCUT2D eigenvalue weighted by Crippen LogP contribution is 2.21. The maximum Gasteiger partial charge on any atom is 0.227 e. The highest BCUT2D eigenvalue weighted by Gasteiger charge is 2.10. The van der Waals surface area contributed by atoms with E-state index in [1.807, 2.05) is 18.2 Å². The average molecular weight is 220 g/mol. The van der Waals surface area contributed by atoms with E-state index in [1.165, 1.54) is 4.90 Å². The lowest BCUT2D eigenvalue weighted by Crippen LogP contribution is -2.23. The molecule has 0 aromatic heterocycles. The molecule has 0 spiro atoms. The topological polar surface area (TPSA) is 29.5 Å². The van der Waals surface area contributed by atoms with Crippen molar-refractivity contribution in [3.05, 3.63) is 31.3 Å². The Hall–Kier alpha value is -1.51. The van der Waals surface area contributed by atoms with Crippen LogP contribution in [0, 0.1) is 7.05 Å². The lowest BCUT2D eigenvalue weighted by Gasteiger charge is -2.17. The van der Waals surface area contributed by atoms with Crippen LogP contribution < -0.4 is 9.64 Å². The van der Waals surface area contributed by atoms with Gasteiger partial charge in [-0.1, -0.05) is 19.4 Å². The van der Waals surface area contributed by atoms with E-state index >= 15 is 0 Å². The number of ether oxygens (including phenoxy) is 1. The quantitative estimate of drug-likeness (QED) is 0.763. The van der Waals surface area contributed by atoms with E-state index in [0.29, 0.717) is 6.42 Å². The van der Waals surface area contributed by atoms with E-state index in [4.69, 9.17) is 4.74 Å². The number of methoxy groups -OCH3 is 1. The van der Waals surface area contributed by atoms with Gasteiger partial charge in [0, 0.05) is 25.2 Å². The molecule has 0 aliphatic heterocycles. The molecule has 0 bridgehead atoms. The Kier molecular flexibility index (Phi) is 4.83. The number of nitrogens with zero attached hydrogens (tertiary/aromatic N) is 1. The Morgan fingerprint density at radius 2 is 2.25 bits per heavy atom. The molecule has 0 saturated heterocycles. The summed E-state index contributed by atoms with van der Waals surface area (Å²) in [5.41, 5.74) is 0.764. The third-order valence-corrected chi connectivity index (χ3v) is 2.41. The minimum atomic E-state index is 0.0371. The van der Waals surface area contributed by atoms with E-state index in [9.17, 15) is 4.79 Å². The fraction of sp³-hybridized carbons (Fsp3) is 0.385. The Morgan fingerprint density at radius 1 is 1.50 bits per heavy atom. The molecule has 0 aliphatic rings. The summed E-state index contributed by atoms with van der Waals surface area (Å²) in [6.07, 6.45) is 2.45. The van der Waals surface area contributed by atoms with Gasteiger partial charge in [0.1, 0.15) is 5.75 Å². The molecule has 1 aromatic carbocycles. The molecule has 1 radical (unpaired) electrons. The van der Waals surface area contributed by atoms with Crippen LogP contribution in [0.5, 0.6) is 5.75 Å². The number of rotatable bonds is 5. The van der Waals surface area contributed by atoms with E-state index in [0.717, 1.165) is 24.3 Å². The third-order valence-electron chi connectivity index (χ3n) is 2.41. The lowest BCUT2D eigenvalue weighted by molar-refractivity contribution is -0.118. The monoisotopic (exact) mass is 220 g/mol. The predicted octanol–water partition coefficient (Wildman–Crippen LogP) is 3.01. The van der Waals surface area contributed by atoms with Crippen molar-refractivity contribution in [2.24, 2.45) is 0 Å². The van der Waals surface area contributed by atoms with Crippen molar-refractivity contribution in [2.45, 2.75) is 26.2 Å². The SMILES string of the molecule is [CH2]N(C(=O)CCCC)c1cccc(OC)c1.